The van der Waals surface area contributed by atoms with Crippen LogP contribution in [0, 0.1) is 0 Å². The Hall–Kier alpha value is -3.78. The monoisotopic (exact) mass is 460 g/mol. The van der Waals surface area contributed by atoms with Crippen LogP contribution in [0.3, 0.4) is 0 Å². The van der Waals surface area contributed by atoms with Crippen LogP contribution in [0.25, 0.3) is 11.0 Å². The zero-order chi connectivity index (χ0) is 23.0. The molecule has 1 N–H and O–H groups in total. The molecule has 8 heteroatoms. The smallest absolute Gasteiger partial charge is 0.250 e. The van der Waals surface area contributed by atoms with Crippen LogP contribution in [0.15, 0.2) is 83.1 Å². The van der Waals surface area contributed by atoms with Crippen LogP contribution >= 0.6 is 11.8 Å². The lowest BCUT2D eigenvalue weighted by Crippen LogP contribution is -2.20. The first-order chi connectivity index (χ1) is 16.2. The maximum atomic E-state index is 12.4. The van der Waals surface area contributed by atoms with Gasteiger partial charge in [0.25, 0.3) is 5.91 Å². The SMILES string of the molecule is COc1ccc(/C=N\NC(=O)CSc2nc3ccccc3n2Cc2ccccc2)cc1OC. The number of benzene rings is 3. The molecule has 3 aromatic carbocycles. The molecule has 7 nitrogen and oxygen atoms in total. The molecule has 33 heavy (non-hydrogen) atoms. The Kier molecular flexibility index (Phi) is 7.26. The van der Waals surface area contributed by atoms with E-state index >= 15 is 0 Å². The summed E-state index contributed by atoms with van der Waals surface area (Å²) in [6, 6.07) is 23.6. The molecule has 168 valence electrons. The van der Waals surface area contributed by atoms with E-state index in [0.29, 0.717) is 18.0 Å². The highest BCUT2D eigenvalue weighted by Crippen LogP contribution is 2.27. The highest BCUT2D eigenvalue weighted by molar-refractivity contribution is 7.99. The predicted molar refractivity (Wildman–Crippen MR) is 131 cm³/mol. The van der Waals surface area contributed by atoms with E-state index in [-0.39, 0.29) is 11.7 Å². The molecule has 0 bridgehead atoms. The fourth-order valence-corrected chi connectivity index (χ4v) is 4.16. The summed E-state index contributed by atoms with van der Waals surface area (Å²) in [5.41, 5.74) is 6.47. The number of hydrogen-bond acceptors (Lipinski definition) is 6. The summed E-state index contributed by atoms with van der Waals surface area (Å²) >= 11 is 1.39. The maximum Gasteiger partial charge on any atom is 0.250 e. The van der Waals surface area contributed by atoms with Gasteiger partial charge in [-0.25, -0.2) is 10.4 Å². The Morgan fingerprint density at radius 2 is 1.79 bits per heavy atom. The number of carbonyl (C=O) groups excluding carboxylic acids is 1. The number of fused-ring (bicyclic) bond motifs is 1. The first kappa shape index (κ1) is 22.4. The third-order valence-electron chi connectivity index (χ3n) is 4.95. The Labute approximate surface area is 196 Å². The van der Waals surface area contributed by atoms with Gasteiger partial charge in [-0.2, -0.15) is 5.10 Å². The number of nitrogens with zero attached hydrogens (tertiary/aromatic N) is 3. The highest BCUT2D eigenvalue weighted by atomic mass is 32.2. The Balaban J connectivity index is 1.41. The second-order valence-corrected chi connectivity index (χ2v) is 8.09. The molecular weight excluding hydrogens is 436 g/mol. The lowest BCUT2D eigenvalue weighted by Gasteiger charge is -2.09. The second-order valence-electron chi connectivity index (χ2n) is 7.15. The van der Waals surface area contributed by atoms with E-state index in [1.54, 1.807) is 32.6 Å². The Morgan fingerprint density at radius 3 is 2.58 bits per heavy atom. The zero-order valence-corrected chi connectivity index (χ0v) is 19.2. The molecule has 1 heterocycles. The lowest BCUT2D eigenvalue weighted by atomic mass is 10.2. The van der Waals surface area contributed by atoms with Crippen LogP contribution in [0.4, 0.5) is 0 Å². The summed E-state index contributed by atoms with van der Waals surface area (Å²) in [7, 11) is 3.15. The van der Waals surface area contributed by atoms with Crippen molar-refractivity contribution >= 4 is 34.9 Å². The van der Waals surface area contributed by atoms with Crippen molar-refractivity contribution in [3.05, 3.63) is 83.9 Å². The average molecular weight is 461 g/mol. The summed E-state index contributed by atoms with van der Waals surface area (Å²) in [5, 5.41) is 4.85. The van der Waals surface area contributed by atoms with Crippen LogP contribution in [0.2, 0.25) is 0 Å². The number of ether oxygens (including phenoxy) is 2. The molecule has 0 unspecified atom stereocenters. The van der Waals surface area contributed by atoms with Crippen LogP contribution < -0.4 is 14.9 Å². The van der Waals surface area contributed by atoms with Gasteiger partial charge >= 0.3 is 0 Å². The first-order valence-corrected chi connectivity index (χ1v) is 11.3. The minimum Gasteiger partial charge on any atom is -0.493 e. The quantitative estimate of drug-likeness (QED) is 0.228. The summed E-state index contributed by atoms with van der Waals surface area (Å²) in [6.07, 6.45) is 1.56. The van der Waals surface area contributed by atoms with Crippen LogP contribution in [-0.2, 0) is 11.3 Å². The van der Waals surface area contributed by atoms with Gasteiger partial charge < -0.3 is 14.0 Å². The molecule has 0 aliphatic heterocycles. The normalized spacial score (nSPS) is 11.1. The van der Waals surface area contributed by atoms with E-state index in [9.17, 15) is 4.79 Å². The summed E-state index contributed by atoms with van der Waals surface area (Å²) in [6.45, 7) is 0.683. The molecule has 0 atom stereocenters. The molecule has 0 spiro atoms. The number of para-hydroxylation sites is 2. The number of hydrogen-bond donors (Lipinski definition) is 1. The molecule has 0 saturated carbocycles. The van der Waals surface area contributed by atoms with Crippen molar-refractivity contribution in [1.82, 2.24) is 15.0 Å². The number of rotatable bonds is 9. The average Bonchev–Trinajstić information content (AvgIpc) is 3.20. The van der Waals surface area contributed by atoms with E-state index < -0.39 is 0 Å². The molecule has 1 amide bonds. The van der Waals surface area contributed by atoms with E-state index in [0.717, 1.165) is 21.8 Å². The standard InChI is InChI=1S/C25H24N4O3S/c1-31-22-13-12-19(14-23(22)32-2)15-26-28-24(30)17-33-25-27-20-10-6-7-11-21(20)29(25)16-18-8-4-3-5-9-18/h3-15H,16-17H2,1-2H3,(H,28,30)/b26-15-. The van der Waals surface area contributed by atoms with Crippen molar-refractivity contribution in [1.29, 1.82) is 0 Å². The van der Waals surface area contributed by atoms with E-state index in [2.05, 4.69) is 27.2 Å². The molecule has 4 rings (SSSR count). The number of hydrazone groups is 1. The number of methoxy groups -OCH3 is 2. The van der Waals surface area contributed by atoms with Gasteiger partial charge in [-0.05, 0) is 41.5 Å². The van der Waals surface area contributed by atoms with Gasteiger partial charge in [-0.15, -0.1) is 0 Å². The Morgan fingerprint density at radius 1 is 1.03 bits per heavy atom. The van der Waals surface area contributed by atoms with Gasteiger partial charge in [-0.1, -0.05) is 54.2 Å². The van der Waals surface area contributed by atoms with Crippen LogP contribution in [0.1, 0.15) is 11.1 Å². The van der Waals surface area contributed by atoms with Crippen molar-refractivity contribution in [2.45, 2.75) is 11.7 Å². The number of thioether (sulfide) groups is 1. The van der Waals surface area contributed by atoms with Crippen molar-refractivity contribution in [2.24, 2.45) is 5.10 Å². The summed E-state index contributed by atoms with van der Waals surface area (Å²) < 4.78 is 12.6. The van der Waals surface area contributed by atoms with Crippen molar-refractivity contribution in [3.63, 3.8) is 0 Å². The number of aromatic nitrogens is 2. The van der Waals surface area contributed by atoms with E-state index in [1.807, 2.05) is 48.5 Å². The second kappa shape index (κ2) is 10.7. The lowest BCUT2D eigenvalue weighted by molar-refractivity contribution is -0.118. The van der Waals surface area contributed by atoms with Crippen molar-refractivity contribution in [3.8, 4) is 11.5 Å². The Bertz CT molecular complexity index is 1270. The number of amides is 1. The van der Waals surface area contributed by atoms with Gasteiger partial charge in [0.15, 0.2) is 16.7 Å². The molecule has 1 aromatic heterocycles. The molecule has 0 saturated heterocycles. The topological polar surface area (TPSA) is 77.7 Å². The van der Waals surface area contributed by atoms with Crippen molar-refractivity contribution in [2.75, 3.05) is 20.0 Å². The number of nitrogens with one attached hydrogen (secondary N) is 1. The fourth-order valence-electron chi connectivity index (χ4n) is 3.36. The number of carbonyl (C=O) groups is 1. The van der Waals surface area contributed by atoms with Crippen LogP contribution in [0.5, 0.6) is 11.5 Å². The first-order valence-electron chi connectivity index (χ1n) is 10.3. The summed E-state index contributed by atoms with van der Waals surface area (Å²) in [5.74, 6) is 1.21. The highest BCUT2D eigenvalue weighted by Gasteiger charge is 2.13. The minimum absolute atomic E-state index is 0.196. The largest absolute Gasteiger partial charge is 0.493 e. The summed E-state index contributed by atoms with van der Waals surface area (Å²) in [4.78, 5) is 17.1. The van der Waals surface area contributed by atoms with Gasteiger partial charge in [0, 0.05) is 0 Å². The van der Waals surface area contributed by atoms with Crippen LogP contribution in [-0.4, -0.2) is 41.6 Å². The predicted octanol–water partition coefficient (Wildman–Crippen LogP) is 4.34. The van der Waals surface area contributed by atoms with Gasteiger partial charge in [0.1, 0.15) is 0 Å². The molecule has 0 radical (unpaired) electrons. The van der Waals surface area contributed by atoms with Gasteiger partial charge in [0.2, 0.25) is 0 Å². The fraction of sp³-hybridized carbons (Fsp3) is 0.160. The van der Waals surface area contributed by atoms with Gasteiger partial charge in [-0.3, -0.25) is 4.79 Å². The third-order valence-corrected chi connectivity index (χ3v) is 5.92. The molecule has 4 aromatic rings. The molecule has 0 fully saturated rings. The molecule has 0 aliphatic rings. The van der Waals surface area contributed by atoms with E-state index in [1.165, 1.54) is 17.3 Å². The molecule has 0 aliphatic carbocycles. The third kappa shape index (κ3) is 5.53. The number of imidazole rings is 1. The van der Waals surface area contributed by atoms with E-state index in [4.69, 9.17) is 14.5 Å². The zero-order valence-electron chi connectivity index (χ0n) is 18.4. The van der Waals surface area contributed by atoms with Crippen molar-refractivity contribution < 1.29 is 14.3 Å². The van der Waals surface area contributed by atoms with Gasteiger partial charge in [0.05, 0.1) is 43.8 Å². The maximum absolute atomic E-state index is 12.4. The molecular formula is C25H24N4O3S. The minimum atomic E-state index is -0.213.